The largest absolute Gasteiger partial charge is 0.432 e. The highest BCUT2D eigenvalue weighted by atomic mass is 16.7. The van der Waals surface area contributed by atoms with Crippen LogP contribution in [0.3, 0.4) is 0 Å². The van der Waals surface area contributed by atoms with E-state index < -0.39 is 60.2 Å². The number of carbonyl (C=O) groups is 1. The zero-order valence-electron chi connectivity index (χ0n) is 28.3. The SMILES string of the molecule is C[C@@H]1CC[C@]2(C(=O)O[C@H]3O[C@@H](CO)[C@H](O)[C@H](O)[C@@H]3O)CC[C@]3(C)C(=CC[C@H]4[C@@]5(C)CC[C@@H](O)C(C)(C)[C@H]5CC[C@]43C)[C@H]2[C@@]1(C)O. The maximum absolute atomic E-state index is 14.4. The molecule has 0 unspecified atom stereocenters. The van der Waals surface area contributed by atoms with Gasteiger partial charge in [-0.3, -0.25) is 4.79 Å². The lowest BCUT2D eigenvalue weighted by Gasteiger charge is -2.71. The Labute approximate surface area is 268 Å². The molecule has 4 saturated carbocycles. The Hall–Kier alpha value is -1.07. The van der Waals surface area contributed by atoms with E-state index in [1.165, 1.54) is 0 Å². The van der Waals surface area contributed by atoms with E-state index in [0.717, 1.165) is 44.1 Å². The number of allylic oxidation sites excluding steroid dienone is 1. The lowest BCUT2D eigenvalue weighted by Crippen LogP contribution is -2.68. The Morgan fingerprint density at radius 1 is 0.889 bits per heavy atom. The molecular weight excluding hydrogens is 576 g/mol. The number of aliphatic hydroxyl groups is 6. The lowest BCUT2D eigenvalue weighted by atomic mass is 9.33. The first-order valence-corrected chi connectivity index (χ1v) is 17.5. The van der Waals surface area contributed by atoms with E-state index in [1.807, 2.05) is 13.8 Å². The molecule has 5 aliphatic carbocycles. The molecule has 1 heterocycles. The van der Waals surface area contributed by atoms with E-state index in [0.29, 0.717) is 31.1 Å². The molecule has 0 aromatic heterocycles. The van der Waals surface area contributed by atoms with Crippen molar-refractivity contribution in [2.45, 2.75) is 149 Å². The molecule has 9 nitrogen and oxygen atoms in total. The first kappa shape index (κ1) is 33.8. The Kier molecular flexibility index (Phi) is 8.05. The van der Waals surface area contributed by atoms with Crippen LogP contribution in [0.5, 0.6) is 0 Å². The summed E-state index contributed by atoms with van der Waals surface area (Å²) in [6.45, 7) is 15.1. The van der Waals surface area contributed by atoms with E-state index in [4.69, 9.17) is 9.47 Å². The van der Waals surface area contributed by atoms with Crippen molar-refractivity contribution in [3.8, 4) is 0 Å². The van der Waals surface area contributed by atoms with Crippen molar-refractivity contribution in [2.24, 2.45) is 50.7 Å². The molecule has 1 aliphatic heterocycles. The minimum atomic E-state index is -1.68. The fourth-order valence-corrected chi connectivity index (χ4v) is 12.2. The molecular formula is C36H58O9. The lowest BCUT2D eigenvalue weighted by molar-refractivity contribution is -0.299. The van der Waals surface area contributed by atoms with Crippen molar-refractivity contribution < 1.29 is 44.9 Å². The standard InChI is InChI=1S/C36H58O9/c1-19-10-15-36(30(42)45-29-27(41)26(40)25(39)21(18-37)44-29)17-16-33(5)20(28(36)35(19,7)43)8-9-23-32(4)13-12-24(38)31(2,3)22(32)11-14-34(23,33)6/h8,19,21-29,37-41,43H,9-18H2,1-7H3/t19-,21+,22-,23+,24-,25+,26+,27+,28+,29-,32+,33-,34-,35+,36+/m1/s1. The van der Waals surface area contributed by atoms with Crippen LogP contribution in [0.1, 0.15) is 106 Å². The van der Waals surface area contributed by atoms with E-state index in [9.17, 15) is 35.4 Å². The van der Waals surface area contributed by atoms with Gasteiger partial charge < -0.3 is 40.1 Å². The molecule has 1 saturated heterocycles. The third-order valence-corrected chi connectivity index (χ3v) is 15.5. The molecule has 6 N–H and O–H groups in total. The highest BCUT2D eigenvalue weighted by Crippen LogP contribution is 2.76. The van der Waals surface area contributed by atoms with Gasteiger partial charge in [0.15, 0.2) is 0 Å². The van der Waals surface area contributed by atoms with Crippen molar-refractivity contribution in [1.82, 2.24) is 0 Å². The summed E-state index contributed by atoms with van der Waals surface area (Å²) in [6, 6.07) is 0. The van der Waals surface area contributed by atoms with Gasteiger partial charge in [0.1, 0.15) is 24.4 Å². The summed E-state index contributed by atoms with van der Waals surface area (Å²) in [6.07, 6.45) is 1.59. The van der Waals surface area contributed by atoms with Crippen LogP contribution < -0.4 is 0 Å². The third kappa shape index (κ3) is 4.39. The van der Waals surface area contributed by atoms with Gasteiger partial charge in [-0.25, -0.2) is 0 Å². The predicted molar refractivity (Wildman–Crippen MR) is 166 cm³/mol. The van der Waals surface area contributed by atoms with Crippen LogP contribution in [-0.4, -0.2) is 85.6 Å². The molecule has 5 fully saturated rings. The first-order valence-electron chi connectivity index (χ1n) is 17.5. The highest BCUT2D eigenvalue weighted by Gasteiger charge is 2.71. The maximum atomic E-state index is 14.4. The summed E-state index contributed by atoms with van der Waals surface area (Å²) in [5, 5.41) is 64.4. The smallest absolute Gasteiger partial charge is 0.315 e. The fraction of sp³-hybridized carbons (Fsp3) is 0.917. The summed E-state index contributed by atoms with van der Waals surface area (Å²) in [7, 11) is 0. The van der Waals surface area contributed by atoms with Crippen LogP contribution >= 0.6 is 0 Å². The van der Waals surface area contributed by atoms with Crippen molar-refractivity contribution in [1.29, 1.82) is 0 Å². The van der Waals surface area contributed by atoms with E-state index >= 15 is 0 Å². The third-order valence-electron chi connectivity index (χ3n) is 15.5. The number of esters is 1. The van der Waals surface area contributed by atoms with Crippen LogP contribution in [0.4, 0.5) is 0 Å². The summed E-state index contributed by atoms with van der Waals surface area (Å²) in [4.78, 5) is 14.4. The summed E-state index contributed by atoms with van der Waals surface area (Å²) < 4.78 is 11.5. The second kappa shape index (κ2) is 10.7. The Morgan fingerprint density at radius 3 is 2.24 bits per heavy atom. The Balaban J connectivity index is 1.39. The minimum Gasteiger partial charge on any atom is -0.432 e. The normalized spacial score (nSPS) is 55.7. The monoisotopic (exact) mass is 634 g/mol. The van der Waals surface area contributed by atoms with Gasteiger partial charge in [-0.05, 0) is 104 Å². The van der Waals surface area contributed by atoms with Crippen LogP contribution in [0.15, 0.2) is 11.6 Å². The van der Waals surface area contributed by atoms with E-state index in [-0.39, 0.29) is 33.7 Å². The fourth-order valence-electron chi connectivity index (χ4n) is 12.2. The van der Waals surface area contributed by atoms with Gasteiger partial charge in [-0.15, -0.1) is 0 Å². The predicted octanol–water partition coefficient (Wildman–Crippen LogP) is 3.46. The molecule has 0 bridgehead atoms. The number of aliphatic hydroxyl groups excluding tert-OH is 5. The Bertz CT molecular complexity index is 1210. The molecule has 256 valence electrons. The van der Waals surface area contributed by atoms with Crippen LogP contribution in [0.25, 0.3) is 0 Å². The topological polar surface area (TPSA) is 157 Å². The summed E-state index contributed by atoms with van der Waals surface area (Å²) in [5.74, 6) is -0.308. The zero-order chi connectivity index (χ0) is 33.1. The number of carbonyl (C=O) groups excluding carboxylic acids is 1. The molecule has 45 heavy (non-hydrogen) atoms. The van der Waals surface area contributed by atoms with E-state index in [2.05, 4.69) is 40.7 Å². The number of ether oxygens (including phenoxy) is 2. The van der Waals surface area contributed by atoms with Crippen molar-refractivity contribution in [3.63, 3.8) is 0 Å². The molecule has 6 aliphatic rings. The zero-order valence-corrected chi connectivity index (χ0v) is 28.3. The molecule has 0 aromatic rings. The average molecular weight is 635 g/mol. The van der Waals surface area contributed by atoms with Crippen molar-refractivity contribution in [2.75, 3.05) is 6.61 Å². The minimum absolute atomic E-state index is 0.0571. The van der Waals surface area contributed by atoms with Crippen LogP contribution in [-0.2, 0) is 14.3 Å². The van der Waals surface area contributed by atoms with Crippen LogP contribution in [0, 0.1) is 50.7 Å². The number of fused-ring (bicyclic) bond motifs is 7. The molecule has 6 rings (SSSR count). The Morgan fingerprint density at radius 2 is 1.58 bits per heavy atom. The van der Waals surface area contributed by atoms with Gasteiger partial charge in [-0.1, -0.05) is 53.2 Å². The van der Waals surface area contributed by atoms with Crippen molar-refractivity contribution >= 4 is 5.97 Å². The maximum Gasteiger partial charge on any atom is 0.315 e. The molecule has 0 amide bonds. The summed E-state index contributed by atoms with van der Waals surface area (Å²) in [5.41, 5.74) is -1.51. The molecule has 15 atom stereocenters. The molecule has 0 radical (unpaired) electrons. The van der Waals surface area contributed by atoms with Crippen LogP contribution in [0.2, 0.25) is 0 Å². The van der Waals surface area contributed by atoms with Gasteiger partial charge in [-0.2, -0.15) is 0 Å². The first-order chi connectivity index (χ1) is 20.8. The quantitative estimate of drug-likeness (QED) is 0.202. The van der Waals surface area contributed by atoms with Gasteiger partial charge in [0.05, 0.1) is 23.7 Å². The average Bonchev–Trinajstić information content (AvgIpc) is 2.97. The van der Waals surface area contributed by atoms with Gasteiger partial charge in [0.2, 0.25) is 6.29 Å². The number of hydrogen-bond donors (Lipinski definition) is 6. The molecule has 9 heteroatoms. The van der Waals surface area contributed by atoms with Crippen molar-refractivity contribution in [3.05, 3.63) is 11.6 Å². The van der Waals surface area contributed by atoms with E-state index in [1.54, 1.807) is 0 Å². The summed E-state index contributed by atoms with van der Waals surface area (Å²) >= 11 is 0. The molecule has 0 spiro atoms. The van der Waals surface area contributed by atoms with Gasteiger partial charge in [0, 0.05) is 5.92 Å². The van der Waals surface area contributed by atoms with Gasteiger partial charge >= 0.3 is 5.97 Å². The number of rotatable bonds is 3. The second-order valence-corrected chi connectivity index (χ2v) is 17.5. The molecule has 0 aromatic carbocycles. The van der Waals surface area contributed by atoms with Gasteiger partial charge in [0.25, 0.3) is 0 Å². The highest BCUT2D eigenvalue weighted by molar-refractivity contribution is 5.79. The number of hydrogen-bond acceptors (Lipinski definition) is 9. The second-order valence-electron chi connectivity index (χ2n) is 17.5.